The molecule has 0 unspecified atom stereocenters. The van der Waals surface area contributed by atoms with E-state index in [4.69, 9.17) is 0 Å². The molecule has 9 nitrogen and oxygen atoms in total. The lowest BCUT2D eigenvalue weighted by Crippen LogP contribution is -2.49. The van der Waals surface area contributed by atoms with Crippen molar-refractivity contribution in [2.75, 3.05) is 31.1 Å². The Kier molecular flexibility index (Phi) is 5.14. The Morgan fingerprint density at radius 1 is 0.906 bits per heavy atom. The molecule has 1 saturated heterocycles. The fraction of sp³-hybridized carbons (Fsp3) is 0.261. The minimum Gasteiger partial charge on any atom is -0.353 e. The van der Waals surface area contributed by atoms with Gasteiger partial charge in [-0.1, -0.05) is 30.3 Å². The van der Waals surface area contributed by atoms with Crippen LogP contribution in [0.15, 0.2) is 61.1 Å². The summed E-state index contributed by atoms with van der Waals surface area (Å²) in [5, 5.41) is 8.95. The van der Waals surface area contributed by atoms with Gasteiger partial charge in [-0.05, 0) is 19.1 Å². The summed E-state index contributed by atoms with van der Waals surface area (Å²) in [6, 6.07) is 15.6. The van der Waals surface area contributed by atoms with E-state index >= 15 is 0 Å². The van der Waals surface area contributed by atoms with Crippen LogP contribution in [0.2, 0.25) is 0 Å². The molecule has 4 aromatic rings. The molecule has 32 heavy (non-hydrogen) atoms. The smallest absolute Gasteiger partial charge is 0.272 e. The second-order valence-electron chi connectivity index (χ2n) is 7.82. The first-order valence-electron chi connectivity index (χ1n) is 10.6. The van der Waals surface area contributed by atoms with E-state index in [1.807, 2.05) is 73.6 Å². The molecule has 9 heteroatoms. The highest BCUT2D eigenvalue weighted by atomic mass is 16.2. The van der Waals surface area contributed by atoms with Gasteiger partial charge in [-0.25, -0.2) is 14.6 Å². The molecule has 4 heterocycles. The van der Waals surface area contributed by atoms with Crippen molar-refractivity contribution in [2.24, 2.45) is 7.05 Å². The van der Waals surface area contributed by atoms with Crippen molar-refractivity contribution in [3.63, 3.8) is 0 Å². The monoisotopic (exact) mass is 428 g/mol. The maximum absolute atomic E-state index is 13.2. The van der Waals surface area contributed by atoms with Crippen LogP contribution in [0, 0.1) is 6.92 Å². The summed E-state index contributed by atoms with van der Waals surface area (Å²) >= 11 is 0. The highest BCUT2D eigenvalue weighted by Crippen LogP contribution is 2.21. The molecular formula is C23H24N8O. The fourth-order valence-corrected chi connectivity index (χ4v) is 3.90. The van der Waals surface area contributed by atoms with Gasteiger partial charge in [0.15, 0.2) is 5.82 Å². The summed E-state index contributed by atoms with van der Waals surface area (Å²) in [5.41, 5.74) is 3.33. The Hall–Kier alpha value is -4.01. The molecule has 0 N–H and O–H groups in total. The lowest BCUT2D eigenvalue weighted by Gasteiger charge is -2.35. The number of rotatable bonds is 4. The van der Waals surface area contributed by atoms with Gasteiger partial charge in [0.2, 0.25) is 0 Å². The van der Waals surface area contributed by atoms with Crippen molar-refractivity contribution >= 4 is 11.7 Å². The van der Waals surface area contributed by atoms with Crippen LogP contribution in [-0.4, -0.2) is 66.5 Å². The van der Waals surface area contributed by atoms with Crippen molar-refractivity contribution in [1.82, 2.24) is 34.4 Å². The van der Waals surface area contributed by atoms with Gasteiger partial charge in [-0.3, -0.25) is 9.48 Å². The molecule has 0 atom stereocenters. The minimum absolute atomic E-state index is 0.00257. The van der Waals surface area contributed by atoms with Crippen LogP contribution >= 0.6 is 0 Å². The number of piperazine rings is 1. The highest BCUT2D eigenvalue weighted by Gasteiger charge is 2.25. The number of nitrogens with zero attached hydrogens (tertiary/aromatic N) is 8. The van der Waals surface area contributed by atoms with E-state index in [0.29, 0.717) is 31.9 Å². The molecule has 1 aromatic carbocycles. The zero-order valence-electron chi connectivity index (χ0n) is 18.1. The van der Waals surface area contributed by atoms with Gasteiger partial charge < -0.3 is 9.80 Å². The van der Waals surface area contributed by atoms with Crippen molar-refractivity contribution in [3.8, 4) is 17.1 Å². The molecule has 1 fully saturated rings. The molecule has 3 aromatic heterocycles. The normalized spacial score (nSPS) is 14.1. The molecule has 0 aliphatic carbocycles. The molecule has 0 spiro atoms. The quantitative estimate of drug-likeness (QED) is 0.496. The maximum Gasteiger partial charge on any atom is 0.272 e. The van der Waals surface area contributed by atoms with Crippen LogP contribution in [0.4, 0.5) is 5.82 Å². The van der Waals surface area contributed by atoms with E-state index in [0.717, 1.165) is 28.6 Å². The summed E-state index contributed by atoms with van der Waals surface area (Å²) in [6.07, 6.45) is 3.44. The summed E-state index contributed by atoms with van der Waals surface area (Å²) in [4.78, 5) is 26.0. The van der Waals surface area contributed by atoms with Gasteiger partial charge in [0.25, 0.3) is 5.91 Å². The first kappa shape index (κ1) is 19.9. The van der Waals surface area contributed by atoms with Crippen molar-refractivity contribution in [3.05, 3.63) is 72.4 Å². The summed E-state index contributed by atoms with van der Waals surface area (Å²) in [7, 11) is 1.81. The third kappa shape index (κ3) is 3.84. The number of aryl methyl sites for hydroxylation is 2. The van der Waals surface area contributed by atoms with E-state index in [2.05, 4.69) is 25.1 Å². The standard InChI is InChI=1S/C23H24N8O/c1-17-8-9-31(26-17)22-15-21(24-16-25-22)29-10-12-30(13-11-29)23(32)20-14-19(27-28(20)2)18-6-4-3-5-7-18/h3-9,14-16H,10-13H2,1-2H3. The van der Waals surface area contributed by atoms with Gasteiger partial charge in [-0.15, -0.1) is 0 Å². The number of hydrogen-bond donors (Lipinski definition) is 0. The number of aromatic nitrogens is 6. The van der Waals surface area contributed by atoms with E-state index in [1.54, 1.807) is 15.7 Å². The molecule has 5 rings (SSSR count). The Balaban J connectivity index is 1.27. The minimum atomic E-state index is -0.00257. The Morgan fingerprint density at radius 2 is 1.66 bits per heavy atom. The molecule has 0 bridgehead atoms. The zero-order valence-corrected chi connectivity index (χ0v) is 18.1. The van der Waals surface area contributed by atoms with Crippen LogP contribution in [0.1, 0.15) is 16.2 Å². The van der Waals surface area contributed by atoms with E-state index in [1.165, 1.54) is 0 Å². The molecule has 1 aliphatic heterocycles. The number of benzene rings is 1. The van der Waals surface area contributed by atoms with Crippen molar-refractivity contribution in [2.45, 2.75) is 6.92 Å². The number of carbonyl (C=O) groups excluding carboxylic acids is 1. The molecule has 1 aliphatic rings. The van der Waals surface area contributed by atoms with Crippen LogP contribution in [0.3, 0.4) is 0 Å². The summed E-state index contributed by atoms with van der Waals surface area (Å²) in [6.45, 7) is 4.57. The predicted octanol–water partition coefficient (Wildman–Crippen LogP) is 2.33. The number of hydrogen-bond acceptors (Lipinski definition) is 6. The predicted molar refractivity (Wildman–Crippen MR) is 121 cm³/mol. The van der Waals surface area contributed by atoms with Gasteiger partial charge >= 0.3 is 0 Å². The average molecular weight is 429 g/mol. The van der Waals surface area contributed by atoms with E-state index in [9.17, 15) is 4.79 Å². The van der Waals surface area contributed by atoms with Gasteiger partial charge in [-0.2, -0.15) is 10.2 Å². The number of anilines is 1. The first-order valence-corrected chi connectivity index (χ1v) is 10.6. The van der Waals surface area contributed by atoms with Crippen molar-refractivity contribution < 1.29 is 4.79 Å². The molecule has 0 radical (unpaired) electrons. The number of carbonyl (C=O) groups is 1. The SMILES string of the molecule is Cc1ccn(-c2cc(N3CCN(C(=O)c4cc(-c5ccccc5)nn4C)CC3)ncn2)n1. The highest BCUT2D eigenvalue weighted by molar-refractivity contribution is 5.94. The lowest BCUT2D eigenvalue weighted by molar-refractivity contribution is 0.0735. The van der Waals surface area contributed by atoms with Crippen LogP contribution in [0.25, 0.3) is 17.1 Å². The largest absolute Gasteiger partial charge is 0.353 e. The number of amides is 1. The topological polar surface area (TPSA) is 85.0 Å². The van der Waals surface area contributed by atoms with E-state index in [-0.39, 0.29) is 5.91 Å². The van der Waals surface area contributed by atoms with Crippen LogP contribution < -0.4 is 4.90 Å². The third-order valence-electron chi connectivity index (χ3n) is 5.65. The van der Waals surface area contributed by atoms with Crippen molar-refractivity contribution in [1.29, 1.82) is 0 Å². The summed E-state index contributed by atoms with van der Waals surface area (Å²) < 4.78 is 3.41. The zero-order chi connectivity index (χ0) is 22.1. The van der Waals surface area contributed by atoms with Crippen LogP contribution in [-0.2, 0) is 7.05 Å². The molecular weight excluding hydrogens is 404 g/mol. The van der Waals surface area contributed by atoms with Gasteiger partial charge in [0, 0.05) is 51.1 Å². The molecule has 162 valence electrons. The van der Waals surface area contributed by atoms with Gasteiger partial charge in [0.1, 0.15) is 17.8 Å². The first-order chi connectivity index (χ1) is 15.6. The lowest BCUT2D eigenvalue weighted by atomic mass is 10.1. The Bertz CT molecular complexity index is 1240. The Labute approximate surface area is 185 Å². The molecule has 1 amide bonds. The fourth-order valence-electron chi connectivity index (χ4n) is 3.90. The van der Waals surface area contributed by atoms with Crippen LogP contribution in [0.5, 0.6) is 0 Å². The average Bonchev–Trinajstić information content (AvgIpc) is 3.45. The summed E-state index contributed by atoms with van der Waals surface area (Å²) in [5.74, 6) is 1.56. The van der Waals surface area contributed by atoms with E-state index < -0.39 is 0 Å². The second kappa shape index (κ2) is 8.26. The molecule has 0 saturated carbocycles. The second-order valence-corrected chi connectivity index (χ2v) is 7.82. The maximum atomic E-state index is 13.2. The Morgan fingerprint density at radius 3 is 2.38 bits per heavy atom. The third-order valence-corrected chi connectivity index (χ3v) is 5.65. The van der Waals surface area contributed by atoms with Gasteiger partial charge in [0.05, 0.1) is 11.4 Å².